The maximum atomic E-state index is 6.00. The minimum Gasteiger partial charge on any atom is -0.491 e. The van der Waals surface area contributed by atoms with E-state index in [1.54, 1.807) is 0 Å². The van der Waals surface area contributed by atoms with Crippen LogP contribution in [0.1, 0.15) is 22.3 Å². The molecule has 0 saturated carbocycles. The number of aryl methyl sites for hydroxylation is 4. The molecular formula is C42H43N5O6. The highest BCUT2D eigenvalue weighted by molar-refractivity contribution is 6.17. The van der Waals surface area contributed by atoms with Gasteiger partial charge in [-0.25, -0.2) is 0 Å². The van der Waals surface area contributed by atoms with Gasteiger partial charge < -0.3 is 33.7 Å². The molecule has 0 bridgehead atoms. The zero-order valence-corrected chi connectivity index (χ0v) is 30.4. The third-order valence-corrected chi connectivity index (χ3v) is 10.1. The number of H-pyrrole nitrogens is 2. The van der Waals surface area contributed by atoms with Crippen LogP contribution < -0.4 is 15.0 Å². The largest absolute Gasteiger partial charge is 0.491 e. The van der Waals surface area contributed by atoms with Crippen molar-refractivity contribution in [3.63, 3.8) is 0 Å². The van der Waals surface area contributed by atoms with E-state index in [-0.39, 0.29) is 13.6 Å². The van der Waals surface area contributed by atoms with Crippen LogP contribution in [0.2, 0.25) is 0 Å². The fraction of sp³-hybridized carbons (Fsp3) is 0.286. The number of aromatic amines is 2. The van der Waals surface area contributed by atoms with Gasteiger partial charge in [-0.1, -0.05) is 0 Å². The van der Waals surface area contributed by atoms with Crippen molar-refractivity contribution in [3.05, 3.63) is 95.6 Å². The smallest absolute Gasteiger partial charge is 0.166 e. The number of pyridine rings is 2. The number of nitrogens with zero attached hydrogens (tertiary/aromatic N) is 2. The van der Waals surface area contributed by atoms with Crippen molar-refractivity contribution in [2.24, 2.45) is 0 Å². The Labute approximate surface area is 306 Å². The van der Waals surface area contributed by atoms with Gasteiger partial charge in [0.15, 0.2) is 6.79 Å². The van der Waals surface area contributed by atoms with Crippen molar-refractivity contribution >= 4 is 65.2 Å². The minimum atomic E-state index is 0.0928. The first-order valence-electron chi connectivity index (χ1n) is 17.9. The third kappa shape index (κ3) is 6.85. The second-order valence-electron chi connectivity index (χ2n) is 13.2. The van der Waals surface area contributed by atoms with Crippen molar-refractivity contribution in [3.8, 4) is 11.5 Å². The van der Waals surface area contributed by atoms with Gasteiger partial charge in [-0.05, 0) is 109 Å². The van der Waals surface area contributed by atoms with E-state index in [0.717, 1.165) is 44.3 Å². The first kappa shape index (κ1) is 34.8. The Morgan fingerprint density at radius 1 is 0.528 bits per heavy atom. The molecule has 0 unspecified atom stereocenters. The molecule has 3 N–H and O–H groups in total. The van der Waals surface area contributed by atoms with Crippen molar-refractivity contribution in [1.29, 1.82) is 0 Å². The Balaban J connectivity index is 0.701. The number of aromatic nitrogens is 4. The van der Waals surface area contributed by atoms with E-state index in [2.05, 4.69) is 89.5 Å². The van der Waals surface area contributed by atoms with Gasteiger partial charge in [-0.2, -0.15) is 5.48 Å². The number of hydrogen-bond donors (Lipinski definition) is 3. The van der Waals surface area contributed by atoms with Crippen LogP contribution in [0.15, 0.2) is 73.3 Å². The molecule has 0 atom stereocenters. The van der Waals surface area contributed by atoms with E-state index in [4.69, 9.17) is 28.5 Å². The average molecular weight is 714 g/mol. The first-order valence-corrected chi connectivity index (χ1v) is 17.9. The van der Waals surface area contributed by atoms with Crippen LogP contribution >= 0.6 is 0 Å². The molecule has 0 saturated heterocycles. The van der Waals surface area contributed by atoms with E-state index in [9.17, 15) is 0 Å². The highest BCUT2D eigenvalue weighted by Crippen LogP contribution is 2.39. The maximum absolute atomic E-state index is 6.00. The molecular weight excluding hydrogens is 670 g/mol. The highest BCUT2D eigenvalue weighted by atomic mass is 16.8. The maximum Gasteiger partial charge on any atom is 0.166 e. The molecule has 8 rings (SSSR count). The summed E-state index contributed by atoms with van der Waals surface area (Å²) in [7, 11) is 0. The summed E-state index contributed by atoms with van der Waals surface area (Å²) in [6.07, 6.45) is 7.58. The Morgan fingerprint density at radius 3 is 1.58 bits per heavy atom. The summed E-state index contributed by atoms with van der Waals surface area (Å²) in [6, 6.07) is 16.4. The Bertz CT molecular complexity index is 2400. The molecule has 0 aliphatic heterocycles. The number of benzene rings is 4. The van der Waals surface area contributed by atoms with E-state index in [1.807, 2.05) is 36.9 Å². The lowest BCUT2D eigenvalue weighted by atomic mass is 9.97. The average Bonchev–Trinajstić information content (AvgIpc) is 3.77. The number of fused-ring (bicyclic) bond motifs is 8. The predicted octanol–water partition coefficient (Wildman–Crippen LogP) is 8.23. The standard InChI is InChI=1S/C42H43N5O6/c1-25-35-21-43-11-9-31(35)27(3)41-39(25)33-19-29(5-7-37(33)46-41)51-17-15-49-23-48-14-13-45-53-24-50-16-18-52-30-6-8-38-34(20-30)40-26(2)36-22-44-12-10-32(36)28(4)42(40)47-38/h5-12,19-22,45-47H,13-18,23-24H2,1-4H3. The van der Waals surface area contributed by atoms with Crippen LogP contribution in [0, 0.1) is 27.7 Å². The second kappa shape index (κ2) is 15.4. The number of hydrogen-bond acceptors (Lipinski definition) is 9. The van der Waals surface area contributed by atoms with Gasteiger partial charge in [0.25, 0.3) is 0 Å². The van der Waals surface area contributed by atoms with Crippen LogP contribution in [0.5, 0.6) is 11.5 Å². The number of rotatable bonds is 16. The van der Waals surface area contributed by atoms with E-state index in [0.29, 0.717) is 39.6 Å². The molecule has 4 aromatic heterocycles. The fourth-order valence-electron chi connectivity index (χ4n) is 7.38. The SMILES string of the molecule is Cc1c2ccncc2c(C)c2c1[nH]c1ccc(OCCOCOCCNOCOCCOc3ccc4[nH]c5c(C)c6ccncc6c(C)c5c4c3)cc12. The van der Waals surface area contributed by atoms with Crippen molar-refractivity contribution < 1.29 is 28.5 Å². The molecule has 8 aromatic rings. The van der Waals surface area contributed by atoms with E-state index in [1.165, 1.54) is 54.6 Å². The summed E-state index contributed by atoms with van der Waals surface area (Å²) in [5.74, 6) is 1.59. The quantitative estimate of drug-likeness (QED) is 0.0516. The first-order chi connectivity index (χ1) is 26.0. The summed E-state index contributed by atoms with van der Waals surface area (Å²) >= 11 is 0. The van der Waals surface area contributed by atoms with Gasteiger partial charge >= 0.3 is 0 Å². The molecule has 4 heterocycles. The van der Waals surface area contributed by atoms with Crippen LogP contribution in [0.4, 0.5) is 0 Å². The topological polar surface area (TPSA) is 125 Å². The van der Waals surface area contributed by atoms with Crippen molar-refractivity contribution in [2.45, 2.75) is 27.7 Å². The summed E-state index contributed by atoms with van der Waals surface area (Å²) in [4.78, 5) is 21.2. The summed E-state index contributed by atoms with van der Waals surface area (Å²) < 4.78 is 28.7. The molecule has 0 aliphatic rings. The lowest BCUT2D eigenvalue weighted by Gasteiger charge is -2.10. The second-order valence-corrected chi connectivity index (χ2v) is 13.2. The molecule has 53 heavy (non-hydrogen) atoms. The molecule has 4 aromatic carbocycles. The van der Waals surface area contributed by atoms with Crippen molar-refractivity contribution in [2.75, 3.05) is 53.2 Å². The summed E-state index contributed by atoms with van der Waals surface area (Å²) in [5, 5.41) is 9.46. The zero-order chi connectivity index (χ0) is 36.3. The van der Waals surface area contributed by atoms with Gasteiger partial charge in [0.2, 0.25) is 0 Å². The Hall–Kier alpha value is -5.30. The van der Waals surface area contributed by atoms with Gasteiger partial charge in [0.05, 0.1) is 30.9 Å². The number of hydroxylamine groups is 1. The van der Waals surface area contributed by atoms with Crippen LogP contribution in [-0.4, -0.2) is 73.1 Å². The molecule has 0 spiro atoms. The molecule has 0 amide bonds. The summed E-state index contributed by atoms with van der Waals surface area (Å²) in [6.45, 7) is 11.4. The Morgan fingerprint density at radius 2 is 1.04 bits per heavy atom. The van der Waals surface area contributed by atoms with Crippen LogP contribution in [0.3, 0.4) is 0 Å². The lowest BCUT2D eigenvalue weighted by Crippen LogP contribution is -2.23. The lowest BCUT2D eigenvalue weighted by molar-refractivity contribution is -0.114. The molecule has 0 aliphatic carbocycles. The minimum absolute atomic E-state index is 0.0928. The molecule has 0 radical (unpaired) electrons. The molecule has 272 valence electrons. The van der Waals surface area contributed by atoms with Gasteiger partial charge in [-0.3, -0.25) is 14.8 Å². The zero-order valence-electron chi connectivity index (χ0n) is 30.4. The van der Waals surface area contributed by atoms with Gasteiger partial charge in [-0.15, -0.1) is 0 Å². The third-order valence-electron chi connectivity index (χ3n) is 10.1. The van der Waals surface area contributed by atoms with E-state index >= 15 is 0 Å². The molecule has 11 nitrogen and oxygen atoms in total. The van der Waals surface area contributed by atoms with Crippen LogP contribution in [0.25, 0.3) is 65.2 Å². The highest BCUT2D eigenvalue weighted by Gasteiger charge is 2.16. The van der Waals surface area contributed by atoms with Crippen molar-refractivity contribution in [1.82, 2.24) is 25.4 Å². The predicted molar refractivity (Wildman–Crippen MR) is 209 cm³/mol. The van der Waals surface area contributed by atoms with Gasteiger partial charge in [0.1, 0.15) is 31.5 Å². The monoisotopic (exact) mass is 713 g/mol. The Kier molecular flexibility index (Phi) is 10.1. The van der Waals surface area contributed by atoms with E-state index < -0.39 is 0 Å². The number of nitrogens with one attached hydrogen (secondary N) is 3. The molecule has 0 fully saturated rings. The van der Waals surface area contributed by atoms with Crippen LogP contribution in [-0.2, 0) is 19.0 Å². The fourth-order valence-corrected chi connectivity index (χ4v) is 7.38. The number of ether oxygens (including phenoxy) is 5. The summed E-state index contributed by atoms with van der Waals surface area (Å²) in [5.41, 5.74) is 12.2. The van der Waals surface area contributed by atoms with Gasteiger partial charge in [0, 0.05) is 74.7 Å². The molecule has 11 heteroatoms. The normalized spacial score (nSPS) is 12.0.